The highest BCUT2D eigenvalue weighted by Gasteiger charge is 2.13. The monoisotopic (exact) mass is 396 g/mol. The van der Waals surface area contributed by atoms with E-state index in [2.05, 4.69) is 36.2 Å². The van der Waals surface area contributed by atoms with E-state index in [0.29, 0.717) is 11.8 Å². The summed E-state index contributed by atoms with van der Waals surface area (Å²) < 4.78 is 15.6. The molecule has 27 heavy (non-hydrogen) atoms. The topological polar surface area (TPSA) is 27.7 Å². The summed E-state index contributed by atoms with van der Waals surface area (Å²) in [6, 6.07) is 0. The van der Waals surface area contributed by atoms with E-state index in [1.807, 2.05) is 0 Å². The Bertz CT molecular complexity index is 346. The number of rotatable bonds is 9. The third kappa shape index (κ3) is 13.4. The van der Waals surface area contributed by atoms with E-state index in [1.165, 1.54) is 57.3 Å². The fourth-order valence-electron chi connectivity index (χ4n) is 3.67. The summed E-state index contributed by atoms with van der Waals surface area (Å²) in [5, 5.41) is 0. The molecular formula is C23H41O3P. The maximum Gasteiger partial charge on any atom is 0.0647 e. The molecule has 3 nitrogen and oxygen atoms in total. The molecule has 0 aromatic carbocycles. The van der Waals surface area contributed by atoms with Crippen molar-refractivity contribution in [1.29, 1.82) is 0 Å². The standard InChI is InChI=1S/C23H41O3P/c1-24-16-5-12-22-10-4-11-23(13-6-17-25-2)15-8-20-27(19-7-14-22)21-9-18-26-3/h5-6,9,12-13,21-23H,4,7-8,10-11,14-20H2,1-3H3. The Balaban J connectivity index is 2.68. The summed E-state index contributed by atoms with van der Waals surface area (Å²) >= 11 is 0. The summed E-state index contributed by atoms with van der Waals surface area (Å²) in [6.45, 7) is 2.19. The van der Waals surface area contributed by atoms with Crippen molar-refractivity contribution in [2.45, 2.75) is 44.9 Å². The van der Waals surface area contributed by atoms with Gasteiger partial charge in [0, 0.05) is 21.3 Å². The summed E-state index contributed by atoms with van der Waals surface area (Å²) in [5.41, 5.74) is 0. The molecule has 156 valence electrons. The molecule has 2 unspecified atom stereocenters. The molecule has 0 amide bonds. The SMILES string of the molecule is COCC=CC1CCCC(C=CCOC)CCCP(C=CCOC)CCC1. The Morgan fingerprint density at radius 3 is 1.59 bits per heavy atom. The Morgan fingerprint density at radius 2 is 1.11 bits per heavy atom. The van der Waals surface area contributed by atoms with Crippen molar-refractivity contribution >= 4 is 7.92 Å². The molecule has 0 aromatic rings. The van der Waals surface area contributed by atoms with E-state index >= 15 is 0 Å². The average Bonchev–Trinajstić information content (AvgIpc) is 2.66. The van der Waals surface area contributed by atoms with Crippen LogP contribution in [-0.4, -0.2) is 53.5 Å². The van der Waals surface area contributed by atoms with Crippen molar-refractivity contribution in [1.82, 2.24) is 0 Å². The van der Waals surface area contributed by atoms with Gasteiger partial charge in [0.15, 0.2) is 0 Å². The molecule has 0 bridgehead atoms. The maximum absolute atomic E-state index is 5.20. The van der Waals surface area contributed by atoms with Crippen molar-refractivity contribution in [3.8, 4) is 0 Å². The normalized spacial score (nSPS) is 26.6. The lowest BCUT2D eigenvalue weighted by Gasteiger charge is -2.21. The lowest BCUT2D eigenvalue weighted by atomic mass is 9.91. The van der Waals surface area contributed by atoms with E-state index in [0.717, 1.165) is 19.8 Å². The van der Waals surface area contributed by atoms with Gasteiger partial charge in [0.05, 0.1) is 19.8 Å². The van der Waals surface area contributed by atoms with Crippen LogP contribution >= 0.6 is 7.92 Å². The molecule has 0 aromatic heterocycles. The van der Waals surface area contributed by atoms with Crippen LogP contribution in [0.5, 0.6) is 0 Å². The Labute approximate surface area is 169 Å². The first-order valence-electron chi connectivity index (χ1n) is 10.5. The first-order valence-corrected chi connectivity index (χ1v) is 12.3. The van der Waals surface area contributed by atoms with Gasteiger partial charge >= 0.3 is 0 Å². The van der Waals surface area contributed by atoms with Crippen molar-refractivity contribution < 1.29 is 14.2 Å². The predicted octanol–water partition coefficient (Wildman–Crippen LogP) is 6.01. The summed E-state index contributed by atoms with van der Waals surface area (Å²) in [5.74, 6) is 3.85. The first kappa shape index (κ1) is 24.6. The van der Waals surface area contributed by atoms with E-state index in [1.54, 1.807) is 21.3 Å². The fourth-order valence-corrected chi connectivity index (χ4v) is 5.75. The van der Waals surface area contributed by atoms with Gasteiger partial charge in [-0.05, 0) is 62.7 Å². The van der Waals surface area contributed by atoms with Crippen LogP contribution in [0, 0.1) is 11.8 Å². The second-order valence-electron chi connectivity index (χ2n) is 7.38. The highest BCUT2D eigenvalue weighted by Crippen LogP contribution is 2.41. The van der Waals surface area contributed by atoms with Gasteiger partial charge < -0.3 is 14.2 Å². The maximum atomic E-state index is 5.20. The van der Waals surface area contributed by atoms with Crippen molar-refractivity contribution in [2.24, 2.45) is 11.8 Å². The molecule has 0 N–H and O–H groups in total. The van der Waals surface area contributed by atoms with Crippen molar-refractivity contribution in [3.05, 3.63) is 36.2 Å². The van der Waals surface area contributed by atoms with Gasteiger partial charge in [-0.2, -0.15) is 0 Å². The number of hydrogen-bond donors (Lipinski definition) is 0. The van der Waals surface area contributed by atoms with Crippen LogP contribution in [-0.2, 0) is 14.2 Å². The minimum atomic E-state index is -0.00458. The van der Waals surface area contributed by atoms with Gasteiger partial charge in [-0.25, -0.2) is 0 Å². The van der Waals surface area contributed by atoms with Crippen molar-refractivity contribution in [3.63, 3.8) is 0 Å². The highest BCUT2D eigenvalue weighted by molar-refractivity contribution is 7.60. The van der Waals surface area contributed by atoms with Gasteiger partial charge in [-0.15, -0.1) is 0 Å². The zero-order valence-electron chi connectivity index (χ0n) is 17.8. The smallest absolute Gasteiger partial charge is 0.0647 e. The minimum Gasteiger partial charge on any atom is -0.381 e. The molecule has 0 saturated carbocycles. The van der Waals surface area contributed by atoms with Crippen LogP contribution in [0.25, 0.3) is 0 Å². The zero-order valence-corrected chi connectivity index (χ0v) is 18.7. The molecule has 0 aliphatic carbocycles. The third-order valence-electron chi connectivity index (χ3n) is 5.11. The van der Waals surface area contributed by atoms with E-state index in [9.17, 15) is 0 Å². The molecule has 1 aliphatic heterocycles. The van der Waals surface area contributed by atoms with Crippen LogP contribution in [0.1, 0.15) is 44.9 Å². The molecule has 2 atom stereocenters. The van der Waals surface area contributed by atoms with Gasteiger partial charge in [0.1, 0.15) is 0 Å². The first-order chi connectivity index (χ1) is 13.3. The molecule has 0 radical (unpaired) electrons. The van der Waals surface area contributed by atoms with E-state index in [4.69, 9.17) is 14.2 Å². The van der Waals surface area contributed by atoms with Crippen molar-refractivity contribution in [2.75, 3.05) is 53.5 Å². The molecule has 1 rings (SSSR count). The number of methoxy groups -OCH3 is 3. The molecule has 0 spiro atoms. The van der Waals surface area contributed by atoms with Gasteiger partial charge in [0.2, 0.25) is 0 Å². The highest BCUT2D eigenvalue weighted by atomic mass is 31.1. The van der Waals surface area contributed by atoms with Gasteiger partial charge in [0.25, 0.3) is 0 Å². The van der Waals surface area contributed by atoms with Crippen LogP contribution in [0.4, 0.5) is 0 Å². The quantitative estimate of drug-likeness (QED) is 0.353. The minimum absolute atomic E-state index is 0.00458. The van der Waals surface area contributed by atoms with E-state index < -0.39 is 0 Å². The van der Waals surface area contributed by atoms with Crippen LogP contribution < -0.4 is 0 Å². The molecule has 1 saturated heterocycles. The summed E-state index contributed by atoms with van der Waals surface area (Å²) in [6.07, 6.45) is 23.3. The van der Waals surface area contributed by atoms with Gasteiger partial charge in [-0.3, -0.25) is 0 Å². The number of ether oxygens (including phenoxy) is 3. The summed E-state index contributed by atoms with van der Waals surface area (Å²) in [4.78, 5) is 0. The Hall–Kier alpha value is -0.470. The second kappa shape index (κ2) is 17.6. The lowest BCUT2D eigenvalue weighted by molar-refractivity contribution is 0.233. The van der Waals surface area contributed by atoms with Crippen LogP contribution in [0.2, 0.25) is 0 Å². The largest absolute Gasteiger partial charge is 0.381 e. The average molecular weight is 397 g/mol. The van der Waals surface area contributed by atoms with Crippen LogP contribution in [0.3, 0.4) is 0 Å². The fraction of sp³-hybridized carbons (Fsp3) is 0.739. The third-order valence-corrected chi connectivity index (χ3v) is 7.53. The Kier molecular flexibility index (Phi) is 16.0. The molecule has 1 fully saturated rings. The predicted molar refractivity (Wildman–Crippen MR) is 119 cm³/mol. The zero-order chi connectivity index (χ0) is 19.6. The molecule has 4 heteroatoms. The second-order valence-corrected chi connectivity index (χ2v) is 9.75. The number of allylic oxidation sites excluding steroid dienone is 2. The van der Waals surface area contributed by atoms with E-state index in [-0.39, 0.29) is 7.92 Å². The Morgan fingerprint density at radius 1 is 0.667 bits per heavy atom. The number of hydrogen-bond acceptors (Lipinski definition) is 3. The summed E-state index contributed by atoms with van der Waals surface area (Å²) in [7, 11) is 5.30. The van der Waals surface area contributed by atoms with Gasteiger partial charge in [-0.1, -0.05) is 50.5 Å². The molecule has 1 aliphatic rings. The lowest BCUT2D eigenvalue weighted by Crippen LogP contribution is -2.05. The molecular weight excluding hydrogens is 355 g/mol. The molecule has 1 heterocycles. The van der Waals surface area contributed by atoms with Crippen LogP contribution in [0.15, 0.2) is 36.2 Å².